The molecule has 0 heterocycles. The first-order valence-corrected chi connectivity index (χ1v) is 6.32. The first-order chi connectivity index (χ1) is 9.29. The Balaban J connectivity index is 3.47. The van der Waals surface area contributed by atoms with E-state index in [1.807, 2.05) is 0 Å². The predicted octanol–water partition coefficient (Wildman–Crippen LogP) is 4.66. The van der Waals surface area contributed by atoms with E-state index in [0.717, 1.165) is 6.07 Å². The van der Waals surface area contributed by atoms with Gasteiger partial charge in [-0.2, -0.15) is 0 Å². The van der Waals surface area contributed by atoms with Gasteiger partial charge in [0, 0.05) is 0 Å². The van der Waals surface area contributed by atoms with E-state index < -0.39 is 28.9 Å². The molecule has 0 radical (unpaired) electrons. The minimum Gasteiger partial charge on any atom is -0.478 e. The lowest BCUT2D eigenvalue weighted by Gasteiger charge is -2.14. The lowest BCUT2D eigenvalue weighted by molar-refractivity contribution is 0.0697. The van der Waals surface area contributed by atoms with E-state index in [0.29, 0.717) is 0 Å². The maximum Gasteiger partial charge on any atom is 0.337 e. The minimum atomic E-state index is -1.43. The molecule has 0 aliphatic rings. The Kier molecular flexibility index (Phi) is 5.47. The monoisotopic (exact) mass is 363 g/mol. The number of hydrogen-bond donors (Lipinski definition) is 2. The van der Waals surface area contributed by atoms with E-state index in [1.165, 1.54) is 12.2 Å². The van der Waals surface area contributed by atoms with Crippen molar-refractivity contribution in [1.82, 2.24) is 0 Å². The Bertz CT molecular complexity index is 629. The molecule has 0 aromatic heterocycles. The Labute approximate surface area is 127 Å². The molecule has 1 aromatic rings. The lowest BCUT2D eigenvalue weighted by Crippen LogP contribution is -2.10. The normalized spacial score (nSPS) is 11.1. The zero-order valence-electron chi connectivity index (χ0n) is 10.0. The molecule has 20 heavy (non-hydrogen) atoms. The van der Waals surface area contributed by atoms with Crippen LogP contribution in [0, 0.1) is 11.6 Å². The summed E-state index contributed by atoms with van der Waals surface area (Å²) in [5.41, 5.74) is -0.901. The van der Waals surface area contributed by atoms with Gasteiger partial charge in [-0.3, -0.25) is 0 Å². The predicted molar refractivity (Wildman–Crippen MR) is 77.9 cm³/mol. The summed E-state index contributed by atoms with van der Waals surface area (Å²) >= 11 is 8.43. The van der Waals surface area contributed by atoms with Gasteiger partial charge < -0.3 is 10.4 Å². The summed E-state index contributed by atoms with van der Waals surface area (Å²) in [4.78, 5) is 11.1. The molecule has 0 spiro atoms. The van der Waals surface area contributed by atoms with Gasteiger partial charge in [-0.15, -0.1) is 0 Å². The highest BCUT2D eigenvalue weighted by Crippen LogP contribution is 2.31. The van der Waals surface area contributed by atoms with Gasteiger partial charge >= 0.3 is 5.97 Å². The van der Waals surface area contributed by atoms with Crippen LogP contribution < -0.4 is 5.32 Å². The van der Waals surface area contributed by atoms with E-state index in [9.17, 15) is 13.6 Å². The topological polar surface area (TPSA) is 49.3 Å². The summed E-state index contributed by atoms with van der Waals surface area (Å²) in [6.45, 7) is 6.86. The van der Waals surface area contributed by atoms with E-state index in [1.54, 1.807) is 0 Å². The first-order valence-electron chi connectivity index (χ1n) is 5.14. The van der Waals surface area contributed by atoms with Gasteiger partial charge in [0.05, 0.1) is 26.5 Å². The number of carboxylic acids is 1. The second-order valence-electron chi connectivity index (χ2n) is 3.56. The summed E-state index contributed by atoms with van der Waals surface area (Å²) in [7, 11) is 0. The Morgan fingerprint density at radius 3 is 2.50 bits per heavy atom. The molecule has 0 saturated heterocycles. The average Bonchev–Trinajstić information content (AvgIpc) is 2.37. The van der Waals surface area contributed by atoms with Crippen molar-refractivity contribution >= 4 is 39.2 Å². The van der Waals surface area contributed by atoms with Crippen molar-refractivity contribution in [3.05, 3.63) is 63.8 Å². The van der Waals surface area contributed by atoms with Gasteiger partial charge in [-0.1, -0.05) is 30.8 Å². The summed E-state index contributed by atoms with van der Waals surface area (Å²) in [6, 6.07) is 0.950. The van der Waals surface area contributed by atoms with Crippen LogP contribution in [0.1, 0.15) is 10.4 Å². The van der Waals surface area contributed by atoms with Crippen molar-refractivity contribution in [2.24, 2.45) is 0 Å². The summed E-state index contributed by atoms with van der Waals surface area (Å²) in [5, 5.41) is 11.4. The van der Waals surface area contributed by atoms with Crippen molar-refractivity contribution in [1.29, 1.82) is 0 Å². The highest BCUT2D eigenvalue weighted by atomic mass is 79.9. The van der Waals surface area contributed by atoms with Crippen LogP contribution in [0.25, 0.3) is 0 Å². The summed E-state index contributed by atoms with van der Waals surface area (Å²) in [5.74, 6) is -3.98. The maximum absolute atomic E-state index is 13.9. The highest BCUT2D eigenvalue weighted by molar-refractivity contribution is 9.10. The van der Waals surface area contributed by atoms with Crippen LogP contribution in [-0.2, 0) is 0 Å². The number of carbonyl (C=O) groups is 1. The summed E-state index contributed by atoms with van der Waals surface area (Å²) in [6.07, 6.45) is 2.68. The molecule has 106 valence electrons. The molecule has 3 nitrogen and oxygen atoms in total. The molecule has 0 aliphatic heterocycles. The molecule has 0 aliphatic carbocycles. The number of benzene rings is 1. The number of aromatic carboxylic acids is 1. The number of halogens is 4. The van der Waals surface area contributed by atoms with E-state index >= 15 is 0 Å². The SMILES string of the molecule is C=C/C=C(/Nc1c(C(=O)O)cc(Br)c(F)c1F)C(=C)Cl. The van der Waals surface area contributed by atoms with Crippen molar-refractivity contribution in [2.75, 3.05) is 5.32 Å². The zero-order chi connectivity index (χ0) is 15.4. The Morgan fingerprint density at radius 2 is 2.05 bits per heavy atom. The average molecular weight is 365 g/mol. The van der Waals surface area contributed by atoms with E-state index in [2.05, 4.69) is 34.4 Å². The molecular weight excluding hydrogens is 356 g/mol. The number of carboxylic acid groups (broad SMARTS) is 1. The zero-order valence-corrected chi connectivity index (χ0v) is 12.4. The first kappa shape index (κ1) is 16.4. The molecule has 0 saturated carbocycles. The van der Waals surface area contributed by atoms with Crippen LogP contribution in [0.15, 0.2) is 46.6 Å². The smallest absolute Gasteiger partial charge is 0.337 e. The number of rotatable bonds is 5. The largest absolute Gasteiger partial charge is 0.478 e. The molecule has 0 unspecified atom stereocenters. The van der Waals surface area contributed by atoms with Gasteiger partial charge in [0.1, 0.15) is 0 Å². The van der Waals surface area contributed by atoms with Gasteiger partial charge in [-0.05, 0) is 28.1 Å². The molecule has 0 bridgehead atoms. The number of nitrogens with one attached hydrogen (secondary N) is 1. The molecule has 7 heteroatoms. The van der Waals surface area contributed by atoms with E-state index in [4.69, 9.17) is 16.7 Å². The molecule has 1 rings (SSSR count). The number of anilines is 1. The maximum atomic E-state index is 13.9. The molecule has 0 fully saturated rings. The Morgan fingerprint density at radius 1 is 1.45 bits per heavy atom. The van der Waals surface area contributed by atoms with Crippen LogP contribution in [-0.4, -0.2) is 11.1 Å². The fraction of sp³-hybridized carbons (Fsp3) is 0. The molecule has 0 atom stereocenters. The van der Waals surface area contributed by atoms with Crippen LogP contribution in [0.5, 0.6) is 0 Å². The van der Waals surface area contributed by atoms with Crippen molar-refractivity contribution in [3.63, 3.8) is 0 Å². The number of allylic oxidation sites excluding steroid dienone is 3. The van der Waals surface area contributed by atoms with Crippen LogP contribution in [0.2, 0.25) is 0 Å². The van der Waals surface area contributed by atoms with Crippen molar-refractivity contribution < 1.29 is 18.7 Å². The fourth-order valence-electron chi connectivity index (χ4n) is 1.34. The fourth-order valence-corrected chi connectivity index (χ4v) is 1.85. The molecule has 1 aromatic carbocycles. The third-order valence-corrected chi connectivity index (χ3v) is 3.01. The molecule has 2 N–H and O–H groups in total. The summed E-state index contributed by atoms with van der Waals surface area (Å²) < 4.78 is 27.1. The van der Waals surface area contributed by atoms with Gasteiger partial charge in [0.15, 0.2) is 11.6 Å². The minimum absolute atomic E-state index is 0.0102. The van der Waals surface area contributed by atoms with Crippen LogP contribution >= 0.6 is 27.5 Å². The van der Waals surface area contributed by atoms with Gasteiger partial charge in [-0.25, -0.2) is 13.6 Å². The molecular formula is C13H9BrClF2NO2. The number of hydrogen-bond acceptors (Lipinski definition) is 2. The second kappa shape index (κ2) is 6.67. The third-order valence-electron chi connectivity index (χ3n) is 2.23. The Hall–Kier alpha value is -1.66. The lowest BCUT2D eigenvalue weighted by atomic mass is 10.1. The van der Waals surface area contributed by atoms with Crippen molar-refractivity contribution in [3.8, 4) is 0 Å². The quantitative estimate of drug-likeness (QED) is 0.590. The van der Waals surface area contributed by atoms with Crippen molar-refractivity contribution in [2.45, 2.75) is 0 Å². The van der Waals surface area contributed by atoms with Crippen LogP contribution in [0.3, 0.4) is 0 Å². The second-order valence-corrected chi connectivity index (χ2v) is 4.87. The third kappa shape index (κ3) is 3.46. The van der Waals surface area contributed by atoms with E-state index in [-0.39, 0.29) is 15.2 Å². The highest BCUT2D eigenvalue weighted by Gasteiger charge is 2.22. The standard InChI is InChI=1S/C13H9BrClF2NO2/c1-3-4-9(6(2)15)18-12-7(13(19)20)5-8(14)10(16)11(12)17/h3-5,18H,1-2H2,(H,19,20)/b9-4+. The van der Waals surface area contributed by atoms with Gasteiger partial charge in [0.25, 0.3) is 0 Å². The molecule has 0 amide bonds. The van der Waals surface area contributed by atoms with Gasteiger partial charge in [0.2, 0.25) is 0 Å². The van der Waals surface area contributed by atoms with Crippen LogP contribution in [0.4, 0.5) is 14.5 Å².